The van der Waals surface area contributed by atoms with Gasteiger partial charge < -0.3 is 34.4 Å². The second-order valence-electron chi connectivity index (χ2n) is 14.9. The number of hydrogen-bond acceptors (Lipinski definition) is 8. The smallest absolute Gasteiger partial charge is 0.313 e. The number of anilines is 1. The summed E-state index contributed by atoms with van der Waals surface area (Å²) in [5.74, 6) is -4.16. The Labute approximate surface area is 325 Å². The lowest BCUT2D eigenvalue weighted by Crippen LogP contribution is -2.58. The van der Waals surface area contributed by atoms with E-state index in [1.54, 1.807) is 23.1 Å². The number of nitrogens with one attached hydrogen (secondary N) is 1. The zero-order valence-corrected chi connectivity index (χ0v) is 31.1. The Morgan fingerprint density at radius 3 is 2.38 bits per heavy atom. The van der Waals surface area contributed by atoms with E-state index in [2.05, 4.69) is 5.32 Å². The summed E-state index contributed by atoms with van der Waals surface area (Å²) < 4.78 is 18.8. The highest BCUT2D eigenvalue weighted by Gasteiger charge is 2.72. The fraction of sp³-hybridized carbons (Fsp3) is 0.333. The van der Waals surface area contributed by atoms with Crippen molar-refractivity contribution in [2.75, 3.05) is 31.8 Å². The summed E-state index contributed by atoms with van der Waals surface area (Å²) in [7, 11) is 1.51. The number of carbonyl (C=O) groups excluding carboxylic acids is 4. The van der Waals surface area contributed by atoms with Gasteiger partial charge in [-0.1, -0.05) is 115 Å². The number of fused-ring (bicyclic) bond motifs is 3. The van der Waals surface area contributed by atoms with E-state index in [4.69, 9.17) is 14.2 Å². The molecule has 0 radical (unpaired) electrons. The number of hydrogen-bond donors (Lipinski definition) is 2. The first-order valence-electron chi connectivity index (χ1n) is 19.2. The summed E-state index contributed by atoms with van der Waals surface area (Å²) in [5, 5.41) is 16.0. The van der Waals surface area contributed by atoms with Crippen molar-refractivity contribution >= 4 is 40.2 Å². The van der Waals surface area contributed by atoms with Gasteiger partial charge in [0.2, 0.25) is 11.8 Å². The SMILES string of the molecule is COC[C@@H]1NC(=O)CC/C=C\[C@@H]2O[C@@]34C=CCN(c5ccc6ccccc6c5)C(=O)[C@@H]3N([C@@H](CO)Cc3ccccc3)C(=O)[C@H]4[C@@H]2C(=O)O[C@H]1c1ccccc1. The number of likely N-dealkylation sites (tertiary alicyclic amines) is 1. The molecule has 0 unspecified atom stereocenters. The predicted molar refractivity (Wildman–Crippen MR) is 209 cm³/mol. The summed E-state index contributed by atoms with van der Waals surface area (Å²) in [5.41, 5.74) is 0.561. The van der Waals surface area contributed by atoms with Crippen LogP contribution >= 0.6 is 0 Å². The molecule has 56 heavy (non-hydrogen) atoms. The van der Waals surface area contributed by atoms with Crippen molar-refractivity contribution in [2.24, 2.45) is 11.8 Å². The van der Waals surface area contributed by atoms with E-state index >= 15 is 9.59 Å². The Morgan fingerprint density at radius 1 is 0.893 bits per heavy atom. The molecule has 4 heterocycles. The van der Waals surface area contributed by atoms with Crippen LogP contribution in [-0.2, 0) is 39.8 Å². The van der Waals surface area contributed by atoms with Crippen molar-refractivity contribution in [1.29, 1.82) is 0 Å². The molecule has 11 nitrogen and oxygen atoms in total. The number of benzene rings is 4. The molecule has 4 aromatic rings. The number of methoxy groups -OCH3 is 1. The van der Waals surface area contributed by atoms with Gasteiger partial charge in [-0.15, -0.1) is 0 Å². The normalized spacial score (nSPS) is 29.0. The number of esters is 1. The molecule has 8 atom stereocenters. The number of ether oxygens (including phenoxy) is 3. The lowest BCUT2D eigenvalue weighted by Gasteiger charge is -2.38. The van der Waals surface area contributed by atoms with Crippen LogP contribution in [-0.4, -0.2) is 90.4 Å². The first kappa shape index (κ1) is 37.3. The number of aliphatic hydroxyl groups excluding tert-OH is 1. The highest BCUT2D eigenvalue weighted by molar-refractivity contribution is 6.06. The molecule has 0 saturated carbocycles. The lowest BCUT2D eigenvalue weighted by atomic mass is 9.77. The van der Waals surface area contributed by atoms with Crippen molar-refractivity contribution in [3.05, 3.63) is 139 Å². The van der Waals surface area contributed by atoms with Gasteiger partial charge in [0.1, 0.15) is 23.7 Å². The summed E-state index contributed by atoms with van der Waals surface area (Å²) in [6, 6.07) is 29.5. The molecule has 0 bridgehead atoms. The molecular formula is C45H45N3O8. The first-order valence-corrected chi connectivity index (χ1v) is 19.2. The first-order chi connectivity index (χ1) is 27.3. The third kappa shape index (κ3) is 6.80. The second kappa shape index (κ2) is 15.9. The molecule has 2 saturated heterocycles. The van der Waals surface area contributed by atoms with Crippen LogP contribution in [0.3, 0.4) is 0 Å². The minimum atomic E-state index is -1.59. The second-order valence-corrected chi connectivity index (χ2v) is 14.9. The monoisotopic (exact) mass is 755 g/mol. The van der Waals surface area contributed by atoms with E-state index in [9.17, 15) is 14.7 Å². The lowest BCUT2D eigenvalue weighted by molar-refractivity contribution is -0.162. The van der Waals surface area contributed by atoms with Gasteiger partial charge in [-0.3, -0.25) is 19.2 Å². The maximum atomic E-state index is 15.3. The van der Waals surface area contributed by atoms with Gasteiger partial charge in [0.05, 0.1) is 37.3 Å². The number of allylic oxidation sites excluding steroid dienone is 1. The van der Waals surface area contributed by atoms with Gasteiger partial charge in [0.25, 0.3) is 5.91 Å². The number of rotatable bonds is 8. The van der Waals surface area contributed by atoms with Crippen LogP contribution in [0.2, 0.25) is 0 Å². The summed E-state index contributed by atoms with van der Waals surface area (Å²) in [6.07, 6.45) is 5.93. The molecule has 8 rings (SSSR count). The molecule has 3 amide bonds. The largest absolute Gasteiger partial charge is 0.455 e. The topological polar surface area (TPSA) is 135 Å². The average Bonchev–Trinajstić information content (AvgIpc) is 3.61. The fourth-order valence-corrected chi connectivity index (χ4v) is 8.94. The molecule has 0 aliphatic carbocycles. The van der Waals surface area contributed by atoms with Crippen LogP contribution in [0.25, 0.3) is 10.8 Å². The minimum absolute atomic E-state index is 0.0562. The van der Waals surface area contributed by atoms with Crippen molar-refractivity contribution in [2.45, 2.75) is 55.2 Å². The quantitative estimate of drug-likeness (QED) is 0.196. The Bertz CT molecular complexity index is 2160. The fourth-order valence-electron chi connectivity index (χ4n) is 8.94. The van der Waals surface area contributed by atoms with Crippen molar-refractivity contribution in [3.63, 3.8) is 0 Å². The van der Waals surface area contributed by atoms with Gasteiger partial charge in [-0.05, 0) is 46.9 Å². The molecule has 4 aliphatic rings. The van der Waals surface area contributed by atoms with Crippen molar-refractivity contribution < 1.29 is 38.5 Å². The Kier molecular flexibility index (Phi) is 10.6. The standard InChI is InChI=1S/C45H45N3O8/c1-54-28-35-40(31-16-6-3-7-17-31)55-44(53)38-36(19-10-11-20-37(50)46-35)56-45-23-12-24-47(33-22-21-30-15-8-9-18-32(30)26-33)43(52)41(45)48(42(51)39(38)45)34(27-49)25-29-13-4-2-5-14-29/h2-10,12-19,21-23,26,34-36,38-41,49H,11,20,24-25,27-28H2,1H3,(H,46,50)/b19-10-/t34-,35+,36+,38-,39-,40+,41+,45-/m1/s1. The third-order valence-corrected chi connectivity index (χ3v) is 11.5. The van der Waals surface area contributed by atoms with Crippen molar-refractivity contribution in [3.8, 4) is 0 Å². The van der Waals surface area contributed by atoms with Gasteiger partial charge in [-0.25, -0.2) is 0 Å². The number of cyclic esters (lactones) is 1. The zero-order valence-electron chi connectivity index (χ0n) is 31.1. The van der Waals surface area contributed by atoms with Crippen LogP contribution in [0, 0.1) is 11.8 Å². The van der Waals surface area contributed by atoms with Crippen LogP contribution in [0.4, 0.5) is 5.69 Å². The third-order valence-electron chi connectivity index (χ3n) is 11.5. The number of aliphatic hydroxyl groups is 1. The minimum Gasteiger partial charge on any atom is -0.455 e. The Morgan fingerprint density at radius 2 is 1.62 bits per heavy atom. The van der Waals surface area contributed by atoms with Crippen molar-refractivity contribution in [1.82, 2.24) is 10.2 Å². The van der Waals surface area contributed by atoms with E-state index in [0.29, 0.717) is 17.7 Å². The molecule has 2 N–H and O–H groups in total. The molecule has 288 valence electrons. The highest BCUT2D eigenvalue weighted by Crippen LogP contribution is 2.54. The molecule has 1 spiro atoms. The maximum absolute atomic E-state index is 15.3. The van der Waals surface area contributed by atoms with Crippen LogP contribution < -0.4 is 10.2 Å². The Hall–Kier alpha value is -5.62. The predicted octanol–water partition coefficient (Wildman–Crippen LogP) is 4.69. The zero-order chi connectivity index (χ0) is 38.8. The molecule has 2 fully saturated rings. The Balaban J connectivity index is 1.24. The molecule has 0 aromatic heterocycles. The summed E-state index contributed by atoms with van der Waals surface area (Å²) in [6.45, 7) is -0.186. The van der Waals surface area contributed by atoms with Crippen LogP contribution in [0.5, 0.6) is 0 Å². The summed E-state index contributed by atoms with van der Waals surface area (Å²) >= 11 is 0. The van der Waals surface area contributed by atoms with E-state index in [1.165, 1.54) is 12.0 Å². The summed E-state index contributed by atoms with van der Waals surface area (Å²) in [4.78, 5) is 61.7. The van der Waals surface area contributed by atoms with E-state index in [-0.39, 0.29) is 37.8 Å². The van der Waals surface area contributed by atoms with Gasteiger partial charge >= 0.3 is 5.97 Å². The number of nitrogens with zero attached hydrogens (tertiary/aromatic N) is 2. The van der Waals surface area contributed by atoms with E-state index in [0.717, 1.165) is 16.3 Å². The highest BCUT2D eigenvalue weighted by atomic mass is 16.6. The average molecular weight is 756 g/mol. The van der Waals surface area contributed by atoms with E-state index in [1.807, 2.05) is 109 Å². The molecule has 4 aliphatic heterocycles. The van der Waals surface area contributed by atoms with E-state index < -0.39 is 66.3 Å². The van der Waals surface area contributed by atoms with Gasteiger partial charge in [0.15, 0.2) is 0 Å². The van der Waals surface area contributed by atoms with Crippen LogP contribution in [0.15, 0.2) is 127 Å². The van der Waals surface area contributed by atoms with Gasteiger partial charge in [0, 0.05) is 25.8 Å². The van der Waals surface area contributed by atoms with Crippen LogP contribution in [0.1, 0.15) is 30.1 Å². The number of carbonyl (C=O) groups is 4. The molecule has 11 heteroatoms. The maximum Gasteiger partial charge on any atom is 0.313 e. The molecular weight excluding hydrogens is 711 g/mol. The number of amides is 3. The molecule has 4 aromatic carbocycles. The van der Waals surface area contributed by atoms with Gasteiger partial charge in [-0.2, -0.15) is 0 Å².